The standard InChI is InChI=1S/C21H34F2N6O.HI/c1-24-21(25-9-13-28-11-5-10-27(2)14-15-28)26-17-8-12-29(16-17)18-6-3-4-7-19(18)30-20(22)23;/h3-4,6-7,17,20H,5,8-16H2,1-2H3,(H2,24,25,26);1H. The molecular formula is C21H35F2IN6O. The van der Waals surface area contributed by atoms with Crippen LogP contribution in [0.15, 0.2) is 29.3 Å². The highest BCUT2D eigenvalue weighted by Crippen LogP contribution is 2.31. The number of guanidine groups is 1. The molecule has 0 spiro atoms. The zero-order valence-electron chi connectivity index (χ0n) is 18.4. The number of likely N-dealkylation sites (N-methyl/N-ethyl adjacent to an activating group) is 1. The average molecular weight is 552 g/mol. The fourth-order valence-corrected chi connectivity index (χ4v) is 4.05. The topological polar surface area (TPSA) is 55.4 Å². The van der Waals surface area contributed by atoms with E-state index in [2.05, 4.69) is 42.1 Å². The van der Waals surface area contributed by atoms with Crippen molar-refractivity contribution < 1.29 is 13.5 Å². The second-order valence-corrected chi connectivity index (χ2v) is 7.92. The van der Waals surface area contributed by atoms with E-state index in [1.807, 2.05) is 12.1 Å². The van der Waals surface area contributed by atoms with Crippen molar-refractivity contribution in [2.45, 2.75) is 25.5 Å². The molecule has 0 aliphatic carbocycles. The number of halogens is 3. The maximum absolute atomic E-state index is 12.7. The predicted molar refractivity (Wildman–Crippen MR) is 132 cm³/mol. The molecule has 3 rings (SSSR count). The van der Waals surface area contributed by atoms with Gasteiger partial charge in [-0.1, -0.05) is 12.1 Å². The second-order valence-electron chi connectivity index (χ2n) is 7.92. The smallest absolute Gasteiger partial charge is 0.387 e. The van der Waals surface area contributed by atoms with E-state index in [-0.39, 0.29) is 35.8 Å². The first-order valence-electron chi connectivity index (χ1n) is 10.7. The number of benzene rings is 1. The quantitative estimate of drug-likeness (QED) is 0.308. The normalized spacial score (nSPS) is 21.0. The molecule has 1 aromatic rings. The highest BCUT2D eigenvalue weighted by atomic mass is 127. The van der Waals surface area contributed by atoms with Crippen molar-refractivity contribution >= 4 is 35.6 Å². The number of ether oxygens (including phenoxy) is 1. The van der Waals surface area contributed by atoms with Gasteiger partial charge in [0, 0.05) is 52.4 Å². The second kappa shape index (κ2) is 13.2. The summed E-state index contributed by atoms with van der Waals surface area (Å²) in [6, 6.07) is 7.16. The fraction of sp³-hybridized carbons (Fsp3) is 0.667. The largest absolute Gasteiger partial charge is 0.433 e. The Kier molecular flexibility index (Phi) is 11.0. The Morgan fingerprint density at radius 2 is 2.00 bits per heavy atom. The van der Waals surface area contributed by atoms with Crippen LogP contribution in [0, 0.1) is 0 Å². The van der Waals surface area contributed by atoms with E-state index in [1.165, 1.54) is 6.42 Å². The zero-order chi connectivity index (χ0) is 21.3. The van der Waals surface area contributed by atoms with E-state index in [0.717, 1.165) is 58.2 Å². The number of nitrogens with one attached hydrogen (secondary N) is 2. The van der Waals surface area contributed by atoms with Gasteiger partial charge >= 0.3 is 6.61 Å². The number of anilines is 1. The van der Waals surface area contributed by atoms with Crippen LogP contribution in [0.3, 0.4) is 0 Å². The van der Waals surface area contributed by atoms with Gasteiger partial charge in [0.15, 0.2) is 5.96 Å². The van der Waals surface area contributed by atoms with Gasteiger partial charge in [0.1, 0.15) is 5.75 Å². The van der Waals surface area contributed by atoms with Crippen molar-refractivity contribution in [2.24, 2.45) is 4.99 Å². The van der Waals surface area contributed by atoms with E-state index >= 15 is 0 Å². The molecule has 10 heteroatoms. The first-order valence-corrected chi connectivity index (χ1v) is 10.7. The van der Waals surface area contributed by atoms with Gasteiger partial charge in [-0.15, -0.1) is 24.0 Å². The Hall–Kier alpha value is -1.40. The fourth-order valence-electron chi connectivity index (χ4n) is 4.05. The lowest BCUT2D eigenvalue weighted by molar-refractivity contribution is -0.0495. The predicted octanol–water partition coefficient (Wildman–Crippen LogP) is 2.29. The van der Waals surface area contributed by atoms with Crippen molar-refractivity contribution in [1.82, 2.24) is 20.4 Å². The molecule has 7 nitrogen and oxygen atoms in total. The summed E-state index contributed by atoms with van der Waals surface area (Å²) in [5, 5.41) is 6.87. The van der Waals surface area contributed by atoms with Crippen LogP contribution in [0.1, 0.15) is 12.8 Å². The van der Waals surface area contributed by atoms with E-state index < -0.39 is 6.61 Å². The maximum Gasteiger partial charge on any atom is 0.387 e. The Morgan fingerprint density at radius 1 is 1.19 bits per heavy atom. The summed E-state index contributed by atoms with van der Waals surface area (Å²) in [5.74, 6) is 1.00. The molecule has 1 atom stereocenters. The van der Waals surface area contributed by atoms with E-state index in [4.69, 9.17) is 0 Å². The summed E-state index contributed by atoms with van der Waals surface area (Å²) in [5.41, 5.74) is 0.705. The third-order valence-corrected chi connectivity index (χ3v) is 5.71. The van der Waals surface area contributed by atoms with Gasteiger partial charge in [-0.2, -0.15) is 8.78 Å². The number of hydrogen-bond acceptors (Lipinski definition) is 5. The van der Waals surface area contributed by atoms with Crippen LogP contribution in [0.4, 0.5) is 14.5 Å². The summed E-state index contributed by atoms with van der Waals surface area (Å²) < 4.78 is 30.1. The molecule has 0 aromatic heterocycles. The number of nitrogens with zero attached hydrogens (tertiary/aromatic N) is 4. The molecule has 1 unspecified atom stereocenters. The van der Waals surface area contributed by atoms with Crippen molar-refractivity contribution in [3.63, 3.8) is 0 Å². The molecule has 1 aromatic carbocycles. The highest BCUT2D eigenvalue weighted by molar-refractivity contribution is 14.0. The van der Waals surface area contributed by atoms with Crippen LogP contribution in [-0.2, 0) is 0 Å². The van der Waals surface area contributed by atoms with Crippen molar-refractivity contribution in [3.05, 3.63) is 24.3 Å². The van der Waals surface area contributed by atoms with Crippen LogP contribution in [0.5, 0.6) is 5.75 Å². The van der Waals surface area contributed by atoms with E-state index in [9.17, 15) is 8.78 Å². The van der Waals surface area contributed by atoms with Gasteiger partial charge in [0.05, 0.1) is 5.69 Å². The van der Waals surface area contributed by atoms with Crippen LogP contribution < -0.4 is 20.3 Å². The van der Waals surface area contributed by atoms with Crippen LogP contribution in [0.25, 0.3) is 0 Å². The number of rotatable bonds is 7. The zero-order valence-corrected chi connectivity index (χ0v) is 20.7. The highest BCUT2D eigenvalue weighted by Gasteiger charge is 2.26. The molecular weight excluding hydrogens is 517 g/mol. The molecule has 2 saturated heterocycles. The summed E-state index contributed by atoms with van der Waals surface area (Å²) in [4.78, 5) is 11.3. The number of para-hydroxylation sites is 2. The molecule has 2 fully saturated rings. The molecule has 0 amide bonds. The van der Waals surface area contributed by atoms with Gasteiger partial charge < -0.3 is 30.1 Å². The minimum Gasteiger partial charge on any atom is -0.433 e. The summed E-state index contributed by atoms with van der Waals surface area (Å²) in [6.45, 7) is 5.00. The van der Waals surface area contributed by atoms with Crippen LogP contribution in [0.2, 0.25) is 0 Å². The molecule has 2 N–H and O–H groups in total. The van der Waals surface area contributed by atoms with Crippen LogP contribution in [-0.4, -0.2) is 94.9 Å². The van der Waals surface area contributed by atoms with Gasteiger partial charge in [-0.25, -0.2) is 0 Å². The van der Waals surface area contributed by atoms with Crippen molar-refractivity contribution in [2.75, 3.05) is 71.4 Å². The summed E-state index contributed by atoms with van der Waals surface area (Å²) >= 11 is 0. The maximum atomic E-state index is 12.7. The van der Waals surface area contributed by atoms with Crippen molar-refractivity contribution in [3.8, 4) is 5.75 Å². The lowest BCUT2D eigenvalue weighted by Gasteiger charge is -2.23. The lowest BCUT2D eigenvalue weighted by atomic mass is 10.2. The molecule has 0 radical (unpaired) electrons. The molecule has 2 aliphatic rings. The summed E-state index contributed by atoms with van der Waals surface area (Å²) in [7, 11) is 3.95. The molecule has 2 aliphatic heterocycles. The van der Waals surface area contributed by atoms with Gasteiger partial charge in [0.2, 0.25) is 0 Å². The minimum absolute atomic E-state index is 0. The molecule has 176 valence electrons. The minimum atomic E-state index is -2.82. The van der Waals surface area contributed by atoms with Crippen LogP contribution >= 0.6 is 24.0 Å². The SMILES string of the molecule is CN=C(NCCN1CCCN(C)CC1)NC1CCN(c2ccccc2OC(F)F)C1.I. The third kappa shape index (κ3) is 8.23. The third-order valence-electron chi connectivity index (χ3n) is 5.71. The number of alkyl halides is 2. The Bertz CT molecular complexity index is 696. The monoisotopic (exact) mass is 552 g/mol. The van der Waals surface area contributed by atoms with E-state index in [0.29, 0.717) is 12.2 Å². The number of hydrogen-bond donors (Lipinski definition) is 2. The summed E-state index contributed by atoms with van der Waals surface area (Å²) in [6.07, 6.45) is 2.11. The van der Waals surface area contributed by atoms with Gasteiger partial charge in [-0.05, 0) is 45.1 Å². The first-order chi connectivity index (χ1) is 14.5. The molecule has 31 heavy (non-hydrogen) atoms. The average Bonchev–Trinajstić information content (AvgIpc) is 3.09. The molecule has 2 heterocycles. The first kappa shape index (κ1) is 25.9. The Labute approximate surface area is 201 Å². The van der Waals surface area contributed by atoms with E-state index in [1.54, 1.807) is 19.2 Å². The molecule has 0 saturated carbocycles. The molecule has 0 bridgehead atoms. The van der Waals surface area contributed by atoms with Crippen molar-refractivity contribution in [1.29, 1.82) is 0 Å². The van der Waals surface area contributed by atoms with Gasteiger partial charge in [0.25, 0.3) is 0 Å². The van der Waals surface area contributed by atoms with Gasteiger partial charge in [-0.3, -0.25) is 4.99 Å². The number of aliphatic imine (C=N–C) groups is 1. The Balaban J connectivity index is 0.00000341. The lowest BCUT2D eigenvalue weighted by Crippen LogP contribution is -2.46. The Morgan fingerprint density at radius 3 is 2.77 bits per heavy atom.